The van der Waals surface area contributed by atoms with Gasteiger partial charge in [0, 0.05) is 24.6 Å². The van der Waals surface area contributed by atoms with Gasteiger partial charge >= 0.3 is 0 Å². The van der Waals surface area contributed by atoms with Crippen LogP contribution in [0.2, 0.25) is 0 Å². The molecule has 1 aromatic carbocycles. The zero-order valence-electron chi connectivity index (χ0n) is 10.6. The van der Waals surface area contributed by atoms with E-state index >= 15 is 0 Å². The Morgan fingerprint density at radius 1 is 1.45 bits per heavy atom. The van der Waals surface area contributed by atoms with Gasteiger partial charge in [-0.05, 0) is 18.2 Å². The average Bonchev–Trinajstić information content (AvgIpc) is 2.81. The maximum absolute atomic E-state index is 12.2. The predicted molar refractivity (Wildman–Crippen MR) is 72.1 cm³/mol. The molecule has 6 nitrogen and oxygen atoms in total. The van der Waals surface area contributed by atoms with Gasteiger partial charge in [-0.3, -0.25) is 4.79 Å². The van der Waals surface area contributed by atoms with Crippen molar-refractivity contribution in [2.45, 2.75) is 17.4 Å². The van der Waals surface area contributed by atoms with Crippen LogP contribution in [0.4, 0.5) is 0 Å². The number of aliphatic hydroxyl groups is 1. The third-order valence-corrected chi connectivity index (χ3v) is 4.27. The van der Waals surface area contributed by atoms with Crippen molar-refractivity contribution in [3.8, 4) is 11.8 Å². The Morgan fingerprint density at radius 2 is 2.25 bits per heavy atom. The molecule has 0 aromatic heterocycles. The molecular weight excluding hydrogens is 280 g/mol. The zero-order chi connectivity index (χ0) is 14.6. The number of hydrogen-bond donors (Lipinski definition) is 3. The first kappa shape index (κ1) is 14.5. The van der Waals surface area contributed by atoms with E-state index in [9.17, 15) is 13.2 Å². The number of nitrogens with one attached hydrogen (secondary N) is 2. The lowest BCUT2D eigenvalue weighted by molar-refractivity contribution is -0.119. The van der Waals surface area contributed by atoms with Crippen LogP contribution in [0, 0.1) is 11.8 Å². The molecule has 106 valence electrons. The molecule has 1 aliphatic heterocycles. The number of carbonyl (C=O) groups is 1. The SMILES string of the molecule is O=C1CC(NS(=O)(=O)c2cccc(C#CCO)c2)CN1. The van der Waals surface area contributed by atoms with Crippen molar-refractivity contribution >= 4 is 15.9 Å². The second kappa shape index (κ2) is 6.05. The van der Waals surface area contributed by atoms with Crippen molar-refractivity contribution in [1.29, 1.82) is 0 Å². The molecule has 3 N–H and O–H groups in total. The first-order valence-electron chi connectivity index (χ1n) is 6.00. The predicted octanol–water partition coefficient (Wildman–Crippen LogP) is -0.803. The van der Waals surface area contributed by atoms with Gasteiger partial charge in [0.15, 0.2) is 0 Å². The molecule has 0 spiro atoms. The highest BCUT2D eigenvalue weighted by molar-refractivity contribution is 7.89. The van der Waals surface area contributed by atoms with Crippen molar-refractivity contribution in [2.24, 2.45) is 0 Å². The number of carbonyl (C=O) groups excluding carboxylic acids is 1. The molecule has 0 radical (unpaired) electrons. The van der Waals surface area contributed by atoms with Crippen molar-refractivity contribution in [2.75, 3.05) is 13.2 Å². The van der Waals surface area contributed by atoms with Gasteiger partial charge in [0.1, 0.15) is 6.61 Å². The lowest BCUT2D eigenvalue weighted by atomic mass is 10.2. The molecule has 0 aliphatic carbocycles. The quantitative estimate of drug-likeness (QED) is 0.636. The van der Waals surface area contributed by atoms with Crippen LogP contribution in [0.1, 0.15) is 12.0 Å². The van der Waals surface area contributed by atoms with Crippen LogP contribution in [-0.2, 0) is 14.8 Å². The van der Waals surface area contributed by atoms with Crippen molar-refractivity contribution < 1.29 is 18.3 Å². The van der Waals surface area contributed by atoms with Gasteiger partial charge in [-0.15, -0.1) is 0 Å². The molecular formula is C13H14N2O4S. The molecule has 1 fully saturated rings. The molecule has 1 atom stereocenters. The lowest BCUT2D eigenvalue weighted by Gasteiger charge is -2.11. The van der Waals surface area contributed by atoms with E-state index in [4.69, 9.17) is 5.11 Å². The highest BCUT2D eigenvalue weighted by Crippen LogP contribution is 2.13. The molecule has 1 saturated heterocycles. The van der Waals surface area contributed by atoms with Crippen molar-refractivity contribution in [3.63, 3.8) is 0 Å². The number of benzene rings is 1. The smallest absolute Gasteiger partial charge is 0.240 e. The molecule has 7 heteroatoms. The zero-order valence-corrected chi connectivity index (χ0v) is 11.4. The van der Waals surface area contributed by atoms with Crippen LogP contribution in [0.25, 0.3) is 0 Å². The Balaban J connectivity index is 2.18. The van der Waals surface area contributed by atoms with E-state index in [0.29, 0.717) is 12.1 Å². The van der Waals surface area contributed by atoms with E-state index in [1.807, 2.05) is 0 Å². The van der Waals surface area contributed by atoms with E-state index in [-0.39, 0.29) is 23.8 Å². The van der Waals surface area contributed by atoms with Gasteiger partial charge in [0.2, 0.25) is 15.9 Å². The summed E-state index contributed by atoms with van der Waals surface area (Å²) in [7, 11) is -3.69. The van der Waals surface area contributed by atoms with Gasteiger partial charge in [0.25, 0.3) is 0 Å². The van der Waals surface area contributed by atoms with Gasteiger partial charge in [-0.1, -0.05) is 17.9 Å². The molecule has 1 aliphatic rings. The van der Waals surface area contributed by atoms with Gasteiger partial charge in [-0.2, -0.15) is 0 Å². The summed E-state index contributed by atoms with van der Waals surface area (Å²) in [6.07, 6.45) is 0.142. The number of rotatable bonds is 3. The molecule has 1 aromatic rings. The normalized spacial score (nSPS) is 18.2. The molecule has 1 amide bonds. The van der Waals surface area contributed by atoms with Crippen LogP contribution >= 0.6 is 0 Å². The minimum Gasteiger partial charge on any atom is -0.384 e. The third-order valence-electron chi connectivity index (χ3n) is 2.76. The molecule has 0 saturated carbocycles. The topological polar surface area (TPSA) is 95.5 Å². The molecule has 0 bridgehead atoms. The molecule has 1 unspecified atom stereocenters. The number of amides is 1. The maximum Gasteiger partial charge on any atom is 0.240 e. The van der Waals surface area contributed by atoms with Crippen LogP contribution < -0.4 is 10.0 Å². The first-order valence-corrected chi connectivity index (χ1v) is 7.48. The minimum atomic E-state index is -3.69. The van der Waals surface area contributed by atoms with Gasteiger partial charge in [0.05, 0.1) is 4.90 Å². The van der Waals surface area contributed by atoms with Crippen LogP contribution in [0.5, 0.6) is 0 Å². The number of hydrogen-bond acceptors (Lipinski definition) is 4. The molecule has 20 heavy (non-hydrogen) atoms. The molecule has 1 heterocycles. The van der Waals surface area contributed by atoms with Crippen LogP contribution in [-0.4, -0.2) is 38.6 Å². The lowest BCUT2D eigenvalue weighted by Crippen LogP contribution is -2.36. The highest BCUT2D eigenvalue weighted by atomic mass is 32.2. The number of sulfonamides is 1. The number of aliphatic hydroxyl groups excluding tert-OH is 1. The van der Waals surface area contributed by atoms with Gasteiger partial charge in [-0.25, -0.2) is 13.1 Å². The molecule has 2 rings (SSSR count). The standard InChI is InChI=1S/C13H14N2O4S/c16-6-2-4-10-3-1-5-12(7-10)20(18,19)15-11-8-13(17)14-9-11/h1,3,5,7,11,15-16H,6,8-9H2,(H,14,17). The minimum absolute atomic E-state index is 0.0848. The van der Waals surface area contributed by atoms with Crippen LogP contribution in [0.3, 0.4) is 0 Å². The summed E-state index contributed by atoms with van der Waals surface area (Å²) >= 11 is 0. The summed E-state index contributed by atoms with van der Waals surface area (Å²) in [5.41, 5.74) is 0.502. The Kier molecular flexibility index (Phi) is 4.39. The summed E-state index contributed by atoms with van der Waals surface area (Å²) in [6, 6.07) is 5.68. The van der Waals surface area contributed by atoms with Crippen LogP contribution in [0.15, 0.2) is 29.2 Å². The summed E-state index contributed by atoms with van der Waals surface area (Å²) in [4.78, 5) is 11.1. The maximum atomic E-state index is 12.2. The summed E-state index contributed by atoms with van der Waals surface area (Å²) in [5, 5.41) is 11.2. The van der Waals surface area contributed by atoms with Crippen molar-refractivity contribution in [1.82, 2.24) is 10.0 Å². The average molecular weight is 294 g/mol. The monoisotopic (exact) mass is 294 g/mol. The summed E-state index contributed by atoms with van der Waals surface area (Å²) in [5.74, 6) is 4.94. The van der Waals surface area contributed by atoms with E-state index in [1.54, 1.807) is 12.1 Å². The van der Waals surface area contributed by atoms with E-state index < -0.39 is 16.1 Å². The summed E-state index contributed by atoms with van der Waals surface area (Å²) in [6.45, 7) is 0.00710. The van der Waals surface area contributed by atoms with Gasteiger partial charge < -0.3 is 10.4 Å². The second-order valence-corrected chi connectivity index (χ2v) is 6.03. The second-order valence-electron chi connectivity index (χ2n) is 4.31. The Bertz CT molecular complexity index is 673. The fourth-order valence-electron chi connectivity index (χ4n) is 1.86. The summed E-state index contributed by atoms with van der Waals surface area (Å²) < 4.78 is 26.8. The Labute approximate surface area is 117 Å². The third kappa shape index (κ3) is 3.57. The van der Waals surface area contributed by atoms with E-state index in [2.05, 4.69) is 21.9 Å². The van der Waals surface area contributed by atoms with E-state index in [0.717, 1.165) is 0 Å². The first-order chi connectivity index (χ1) is 9.51. The van der Waals surface area contributed by atoms with E-state index in [1.165, 1.54) is 12.1 Å². The Morgan fingerprint density at radius 3 is 2.90 bits per heavy atom. The van der Waals surface area contributed by atoms with Crippen molar-refractivity contribution in [3.05, 3.63) is 29.8 Å². The fourth-order valence-corrected chi connectivity index (χ4v) is 3.14. The Hall–Kier alpha value is -1.88. The fraction of sp³-hybridized carbons (Fsp3) is 0.308. The largest absolute Gasteiger partial charge is 0.384 e. The highest BCUT2D eigenvalue weighted by Gasteiger charge is 2.26.